The molecule has 0 aromatic rings. The van der Waals surface area contributed by atoms with E-state index < -0.39 is 71.7 Å². The van der Waals surface area contributed by atoms with E-state index in [0.29, 0.717) is 56.9 Å². The van der Waals surface area contributed by atoms with Gasteiger partial charge in [-0.3, -0.25) is 14.4 Å². The summed E-state index contributed by atoms with van der Waals surface area (Å²) in [4.78, 5) is 58.0. The Hall–Kier alpha value is -3.00. The fourth-order valence-corrected chi connectivity index (χ4v) is 10.4. The molecule has 0 spiro atoms. The smallest absolute Gasteiger partial charge is 0.329 e. The zero-order valence-corrected chi connectivity index (χ0v) is 39.9. The quantitative estimate of drug-likeness (QED) is 0.127. The molecule has 0 aromatic carbocycles. The van der Waals surface area contributed by atoms with Gasteiger partial charge in [-0.25, -0.2) is 4.79 Å². The number of fused-ring (bicyclic) bond motifs is 3. The van der Waals surface area contributed by atoms with E-state index in [0.717, 1.165) is 18.4 Å². The van der Waals surface area contributed by atoms with Crippen molar-refractivity contribution < 1.29 is 53.8 Å². The molecule has 63 heavy (non-hydrogen) atoms. The van der Waals surface area contributed by atoms with Crippen LogP contribution in [0.1, 0.15) is 139 Å². The number of carbonyl (C=O) groups excluding carboxylic acids is 4. The summed E-state index contributed by atoms with van der Waals surface area (Å²) < 4.78 is 18.3. The Morgan fingerprint density at radius 2 is 1.57 bits per heavy atom. The molecule has 1 amide bonds. The van der Waals surface area contributed by atoms with Crippen LogP contribution in [-0.4, -0.2) is 111 Å². The van der Waals surface area contributed by atoms with Crippen molar-refractivity contribution >= 4 is 23.4 Å². The van der Waals surface area contributed by atoms with Gasteiger partial charge in [-0.05, 0) is 119 Å². The highest BCUT2D eigenvalue weighted by molar-refractivity contribution is 6.39. The third-order valence-electron chi connectivity index (χ3n) is 14.9. The number of esters is 1. The van der Waals surface area contributed by atoms with Crippen molar-refractivity contribution in [1.29, 1.82) is 0 Å². The number of Topliss-reactive ketones (excluding diaryl/α,β-unsaturated/α-hetero) is 2. The summed E-state index contributed by atoms with van der Waals surface area (Å²) in [5.74, 6) is -7.08. The summed E-state index contributed by atoms with van der Waals surface area (Å²) in [5.41, 5.74) is 1.48. The summed E-state index contributed by atoms with van der Waals surface area (Å²) in [6.45, 7) is 17.1. The number of rotatable bonds is 4. The molecule has 1 saturated carbocycles. The molecule has 16 atom stereocenters. The third-order valence-corrected chi connectivity index (χ3v) is 14.9. The molecular formula is C51H81NO11. The van der Waals surface area contributed by atoms with Gasteiger partial charge in [0.1, 0.15) is 17.9 Å². The number of aliphatic hydroxyl groups is 4. The molecule has 2 bridgehead atoms. The molecule has 4 N–H and O–H groups in total. The van der Waals surface area contributed by atoms with Gasteiger partial charge in [-0.15, -0.1) is 0 Å². The first kappa shape index (κ1) is 52.6. The maximum atomic E-state index is 14.3. The molecule has 1 aliphatic carbocycles. The number of hydrogen-bond donors (Lipinski definition) is 4. The van der Waals surface area contributed by atoms with Crippen LogP contribution in [0.4, 0.5) is 0 Å². The van der Waals surface area contributed by atoms with Crippen molar-refractivity contribution in [2.45, 2.75) is 188 Å². The maximum Gasteiger partial charge on any atom is 0.329 e. The van der Waals surface area contributed by atoms with E-state index in [1.54, 1.807) is 34.0 Å². The van der Waals surface area contributed by atoms with Crippen LogP contribution in [-0.2, 0) is 33.4 Å². The van der Waals surface area contributed by atoms with Gasteiger partial charge >= 0.3 is 5.97 Å². The fraction of sp³-hybridized carbons (Fsp3) is 0.765. The predicted molar refractivity (Wildman–Crippen MR) is 243 cm³/mol. The molecule has 12 heteroatoms. The summed E-state index contributed by atoms with van der Waals surface area (Å²) in [5, 5.41) is 45.1. The number of amides is 1. The first-order valence-corrected chi connectivity index (χ1v) is 23.9. The Morgan fingerprint density at radius 1 is 0.857 bits per heavy atom. The van der Waals surface area contributed by atoms with Gasteiger partial charge in [-0.1, -0.05) is 84.9 Å². The minimum atomic E-state index is -2.40. The Kier molecular flexibility index (Phi) is 20.0. The highest BCUT2D eigenvalue weighted by atomic mass is 16.6. The number of methoxy groups -OCH3 is 1. The average Bonchev–Trinajstić information content (AvgIpc) is 3.25. The summed E-state index contributed by atoms with van der Waals surface area (Å²) in [7, 11) is 1.59. The second-order valence-electron chi connectivity index (χ2n) is 20.2. The first-order valence-electron chi connectivity index (χ1n) is 23.9. The van der Waals surface area contributed by atoms with Crippen molar-refractivity contribution in [3.8, 4) is 0 Å². The van der Waals surface area contributed by atoms with Crippen molar-refractivity contribution in [2.75, 3.05) is 13.7 Å². The van der Waals surface area contributed by atoms with Gasteiger partial charge in [0.05, 0.1) is 30.5 Å². The number of allylic oxidation sites excluding steroid dienone is 6. The lowest BCUT2D eigenvalue weighted by atomic mass is 9.75. The Morgan fingerprint density at radius 3 is 2.25 bits per heavy atom. The number of aliphatic hydroxyl groups excluding tert-OH is 3. The highest BCUT2D eigenvalue weighted by Crippen LogP contribution is 2.38. The summed E-state index contributed by atoms with van der Waals surface area (Å²) >= 11 is 0. The fourth-order valence-electron chi connectivity index (χ4n) is 10.4. The van der Waals surface area contributed by atoms with E-state index in [2.05, 4.69) is 13.0 Å². The van der Waals surface area contributed by atoms with E-state index in [-0.39, 0.29) is 67.0 Å². The van der Waals surface area contributed by atoms with Gasteiger partial charge in [0.25, 0.3) is 11.7 Å². The summed E-state index contributed by atoms with van der Waals surface area (Å²) in [6.07, 6.45) is 13.9. The third kappa shape index (κ3) is 14.0. The van der Waals surface area contributed by atoms with Crippen molar-refractivity contribution in [3.05, 3.63) is 47.6 Å². The lowest BCUT2D eigenvalue weighted by molar-refractivity contribution is -0.265. The predicted octanol–water partition coefficient (Wildman–Crippen LogP) is 7.21. The molecule has 1 unspecified atom stereocenters. The first-order chi connectivity index (χ1) is 29.7. The van der Waals surface area contributed by atoms with Crippen LogP contribution >= 0.6 is 0 Å². The van der Waals surface area contributed by atoms with Gasteiger partial charge in [0, 0.05) is 44.2 Å². The van der Waals surface area contributed by atoms with Crippen molar-refractivity contribution in [2.24, 2.45) is 47.3 Å². The largest absolute Gasteiger partial charge is 0.460 e. The maximum absolute atomic E-state index is 14.3. The minimum absolute atomic E-state index is 0.0993. The normalized spacial score (nSPS) is 41.1. The number of nitrogens with zero attached hydrogens (tertiary/aromatic N) is 1. The lowest BCUT2D eigenvalue weighted by Gasteiger charge is -2.42. The van der Waals surface area contributed by atoms with Crippen LogP contribution in [0.25, 0.3) is 0 Å². The Labute approximate surface area is 377 Å². The van der Waals surface area contributed by atoms with E-state index in [1.807, 2.05) is 58.9 Å². The van der Waals surface area contributed by atoms with Gasteiger partial charge in [0.2, 0.25) is 5.79 Å². The molecule has 0 aromatic heterocycles. The molecular weight excluding hydrogens is 803 g/mol. The van der Waals surface area contributed by atoms with E-state index in [1.165, 1.54) is 4.90 Å². The SMILES string of the molecule is CO[C@H]1C[C@@H]2CC[C@@H](C)[C@@](O)(O2)C(=O)C(=O)N2CCCCC2C(=O)O[C@H]([C@H](C)C[C@@H]2CC[C@@H](O)[C@H](C)C2)CC(=O)[C@H](C)/C=C(\C)[C@@H](O)[C@@H](C)[C@@H](O)[C@H](C)C[C@H](C)/C=C/C=CC=C1C. The van der Waals surface area contributed by atoms with Gasteiger partial charge in [0.15, 0.2) is 0 Å². The number of hydrogen-bond acceptors (Lipinski definition) is 11. The number of piperidine rings is 1. The molecule has 2 saturated heterocycles. The Bertz CT molecular complexity index is 1670. The molecule has 0 radical (unpaired) electrons. The van der Waals surface area contributed by atoms with Crippen LogP contribution in [0.15, 0.2) is 47.6 Å². The van der Waals surface area contributed by atoms with Crippen LogP contribution in [0.3, 0.4) is 0 Å². The van der Waals surface area contributed by atoms with Crippen molar-refractivity contribution in [3.63, 3.8) is 0 Å². The number of carbonyl (C=O) groups is 4. The minimum Gasteiger partial charge on any atom is -0.460 e. The van der Waals surface area contributed by atoms with Crippen molar-refractivity contribution in [1.82, 2.24) is 4.90 Å². The average molecular weight is 884 g/mol. The molecule has 356 valence electrons. The second-order valence-corrected chi connectivity index (χ2v) is 20.2. The lowest BCUT2D eigenvalue weighted by Crippen LogP contribution is -2.61. The molecule has 3 fully saturated rings. The number of ketones is 2. The number of cyclic esters (lactones) is 1. The van der Waals surface area contributed by atoms with E-state index in [4.69, 9.17) is 14.2 Å². The second kappa shape index (κ2) is 24.0. The highest BCUT2D eigenvalue weighted by Gasteiger charge is 2.53. The zero-order valence-electron chi connectivity index (χ0n) is 39.9. The molecule has 4 aliphatic rings. The van der Waals surface area contributed by atoms with Crippen LogP contribution in [0.2, 0.25) is 0 Å². The van der Waals surface area contributed by atoms with E-state index >= 15 is 0 Å². The molecule has 3 heterocycles. The van der Waals surface area contributed by atoms with Gasteiger partial charge < -0.3 is 39.5 Å². The zero-order chi connectivity index (χ0) is 46.8. The topological polar surface area (TPSA) is 180 Å². The van der Waals surface area contributed by atoms with Gasteiger partial charge in [-0.2, -0.15) is 0 Å². The molecule has 12 nitrogen and oxygen atoms in total. The van der Waals surface area contributed by atoms with Crippen LogP contribution in [0, 0.1) is 47.3 Å². The van der Waals surface area contributed by atoms with E-state index in [9.17, 15) is 39.6 Å². The molecule has 4 rings (SSSR count). The number of ether oxygens (including phenoxy) is 3. The summed E-state index contributed by atoms with van der Waals surface area (Å²) in [6, 6.07) is -1.10. The standard InChI is InChI=1S/C51H81NO11/c1-30-16-12-11-13-17-31(2)44(61-10)28-40-21-19-37(8)51(60,63-40)48(57)49(58)52-23-15-14-18-41(52)50(59)62-45(34(5)27-39-20-22-42(53)33(4)26-39)29-43(54)32(3)25-36(7)47(56)38(9)46(55)35(6)24-30/h11-13,16-17,25,30,32-35,37-42,44-47,53,55-56,60H,14-15,18-24,26-29H2,1-10H3/b13-11?,16-12+,31-17?,36-25+/t30-,32-,33-,34-,35-,37-,38+,39-,40+,41?,42-,44+,45+,46+,47-,51-/m1/s1. The monoisotopic (exact) mass is 884 g/mol. The van der Waals surface area contributed by atoms with Crippen LogP contribution in [0.5, 0.6) is 0 Å². The Balaban J connectivity index is 1.68. The molecule has 3 aliphatic heterocycles. The van der Waals surface area contributed by atoms with Crippen LogP contribution < -0.4 is 0 Å².